The van der Waals surface area contributed by atoms with Gasteiger partial charge in [0.25, 0.3) is 5.91 Å². The Balaban J connectivity index is 2.21. The highest BCUT2D eigenvalue weighted by atomic mass is 19.3. The fourth-order valence-electron chi connectivity index (χ4n) is 2.16. The molecule has 5 nitrogen and oxygen atoms in total. The molecule has 1 aromatic carbocycles. The number of carbonyl (C=O) groups is 2. The number of hydrogen-bond acceptors (Lipinski definition) is 3. The van der Waals surface area contributed by atoms with E-state index in [-0.39, 0.29) is 11.3 Å². The van der Waals surface area contributed by atoms with Gasteiger partial charge in [-0.1, -0.05) is 0 Å². The Morgan fingerprint density at radius 1 is 1.29 bits per heavy atom. The van der Waals surface area contributed by atoms with Gasteiger partial charge >= 0.3 is 12.6 Å². The second-order valence-electron chi connectivity index (χ2n) is 5.16. The molecule has 0 aromatic heterocycles. The van der Waals surface area contributed by atoms with Crippen LogP contribution in [0.1, 0.15) is 34.3 Å². The lowest BCUT2D eigenvalue weighted by Gasteiger charge is -2.15. The van der Waals surface area contributed by atoms with Crippen molar-refractivity contribution in [3.05, 3.63) is 28.8 Å². The molecule has 1 amide bonds. The molecule has 0 radical (unpaired) electrons. The van der Waals surface area contributed by atoms with Crippen molar-refractivity contribution in [3.63, 3.8) is 0 Å². The first-order chi connectivity index (χ1) is 9.75. The average molecular weight is 299 g/mol. The summed E-state index contributed by atoms with van der Waals surface area (Å²) in [4.78, 5) is 23.1. The van der Waals surface area contributed by atoms with Gasteiger partial charge < -0.3 is 15.2 Å². The minimum absolute atomic E-state index is 0.0286. The zero-order valence-electron chi connectivity index (χ0n) is 11.6. The SMILES string of the molecule is Cc1cc(C(=O)NC2(C(=O)O)CC2)cc(C)c1OC(F)F. The van der Waals surface area contributed by atoms with Crippen LogP contribution < -0.4 is 10.1 Å². The maximum atomic E-state index is 12.3. The van der Waals surface area contributed by atoms with E-state index in [0.29, 0.717) is 24.0 Å². The van der Waals surface area contributed by atoms with E-state index in [1.165, 1.54) is 12.1 Å². The van der Waals surface area contributed by atoms with Crippen molar-refractivity contribution in [3.8, 4) is 5.75 Å². The molecule has 0 aliphatic heterocycles. The summed E-state index contributed by atoms with van der Waals surface area (Å²) in [6.07, 6.45) is 0.775. The summed E-state index contributed by atoms with van der Waals surface area (Å²) in [5.74, 6) is -1.58. The summed E-state index contributed by atoms with van der Waals surface area (Å²) in [5.41, 5.74) is -0.183. The van der Waals surface area contributed by atoms with Gasteiger partial charge in [-0.3, -0.25) is 4.79 Å². The molecule has 1 aliphatic carbocycles. The Kier molecular flexibility index (Phi) is 3.85. The van der Waals surface area contributed by atoms with Crippen LogP contribution >= 0.6 is 0 Å². The molecule has 0 spiro atoms. The number of hydrogen-bond donors (Lipinski definition) is 2. The van der Waals surface area contributed by atoms with Crippen LogP contribution in [0.3, 0.4) is 0 Å². The highest BCUT2D eigenvalue weighted by Gasteiger charge is 2.51. The summed E-state index contributed by atoms with van der Waals surface area (Å²) < 4.78 is 29.0. The molecule has 0 saturated heterocycles. The molecule has 0 unspecified atom stereocenters. The Bertz CT molecular complexity index is 574. The lowest BCUT2D eigenvalue weighted by atomic mass is 10.0. The summed E-state index contributed by atoms with van der Waals surface area (Å²) in [7, 11) is 0. The molecular weight excluding hydrogens is 284 g/mol. The first-order valence-electron chi connectivity index (χ1n) is 6.37. The van der Waals surface area contributed by atoms with Crippen molar-refractivity contribution < 1.29 is 28.2 Å². The van der Waals surface area contributed by atoms with Gasteiger partial charge in [0.15, 0.2) is 0 Å². The summed E-state index contributed by atoms with van der Waals surface area (Å²) >= 11 is 0. The van der Waals surface area contributed by atoms with Crippen LogP contribution in [0.2, 0.25) is 0 Å². The minimum atomic E-state index is -2.94. The fraction of sp³-hybridized carbons (Fsp3) is 0.429. The monoisotopic (exact) mass is 299 g/mol. The van der Waals surface area contributed by atoms with Gasteiger partial charge in [0.1, 0.15) is 11.3 Å². The van der Waals surface area contributed by atoms with Gasteiger partial charge in [-0.15, -0.1) is 0 Å². The lowest BCUT2D eigenvalue weighted by Crippen LogP contribution is -2.43. The first kappa shape index (κ1) is 15.2. The zero-order valence-corrected chi connectivity index (χ0v) is 11.6. The van der Waals surface area contributed by atoms with E-state index in [0.717, 1.165) is 0 Å². The van der Waals surface area contributed by atoms with Crippen LogP contribution in [0, 0.1) is 13.8 Å². The third kappa shape index (κ3) is 3.12. The molecule has 21 heavy (non-hydrogen) atoms. The Hall–Kier alpha value is -2.18. The number of carboxylic acid groups (broad SMARTS) is 1. The molecule has 2 N–H and O–H groups in total. The Morgan fingerprint density at radius 2 is 1.81 bits per heavy atom. The van der Waals surface area contributed by atoms with Crippen LogP contribution in [0.5, 0.6) is 5.75 Å². The quantitative estimate of drug-likeness (QED) is 0.874. The van der Waals surface area contributed by atoms with Gasteiger partial charge in [0, 0.05) is 5.56 Å². The second-order valence-corrected chi connectivity index (χ2v) is 5.16. The summed E-state index contributed by atoms with van der Waals surface area (Å²) in [6, 6.07) is 2.80. The fourth-order valence-corrected chi connectivity index (χ4v) is 2.16. The van der Waals surface area contributed by atoms with E-state index < -0.39 is 24.0 Å². The van der Waals surface area contributed by atoms with E-state index in [9.17, 15) is 18.4 Å². The van der Waals surface area contributed by atoms with Crippen LogP contribution in [0.15, 0.2) is 12.1 Å². The molecule has 2 rings (SSSR count). The van der Waals surface area contributed by atoms with Gasteiger partial charge in [-0.25, -0.2) is 4.79 Å². The number of carbonyl (C=O) groups excluding carboxylic acids is 1. The number of carboxylic acids is 1. The van der Waals surface area contributed by atoms with Crippen LogP contribution in [-0.4, -0.2) is 29.1 Å². The van der Waals surface area contributed by atoms with Crippen LogP contribution in [0.4, 0.5) is 8.78 Å². The largest absolute Gasteiger partial charge is 0.480 e. The summed E-state index contributed by atoms with van der Waals surface area (Å²) in [5, 5.41) is 11.5. The third-order valence-corrected chi connectivity index (χ3v) is 3.44. The number of halogens is 2. The van der Waals surface area contributed by atoms with Crippen LogP contribution in [-0.2, 0) is 4.79 Å². The second kappa shape index (κ2) is 5.31. The van der Waals surface area contributed by atoms with Crippen molar-refractivity contribution >= 4 is 11.9 Å². The number of nitrogens with one attached hydrogen (secondary N) is 1. The highest BCUT2D eigenvalue weighted by molar-refractivity contribution is 5.99. The van der Waals surface area contributed by atoms with Crippen molar-refractivity contribution in [1.82, 2.24) is 5.32 Å². The van der Waals surface area contributed by atoms with E-state index in [4.69, 9.17) is 5.11 Å². The molecule has 0 heterocycles. The topological polar surface area (TPSA) is 75.6 Å². The maximum absolute atomic E-state index is 12.3. The van der Waals surface area contributed by atoms with Gasteiger partial charge in [-0.05, 0) is 49.9 Å². The predicted molar refractivity (Wildman–Crippen MR) is 69.6 cm³/mol. The standard InChI is InChI=1S/C14H15F2NO4/c1-7-5-9(6-8(2)10(7)21-13(15)16)11(18)17-14(3-4-14)12(19)20/h5-6,13H,3-4H2,1-2H3,(H,17,18)(H,19,20). The molecule has 0 atom stereocenters. The zero-order chi connectivity index (χ0) is 15.8. The molecule has 1 aliphatic rings. The van der Waals surface area contributed by atoms with Crippen molar-refractivity contribution in [2.75, 3.05) is 0 Å². The molecule has 1 fully saturated rings. The summed E-state index contributed by atoms with van der Waals surface area (Å²) in [6.45, 7) is 0.154. The first-order valence-corrected chi connectivity index (χ1v) is 6.37. The number of aryl methyl sites for hydroxylation is 2. The van der Waals surface area contributed by atoms with Gasteiger partial charge in [0.05, 0.1) is 0 Å². The lowest BCUT2D eigenvalue weighted by molar-refractivity contribution is -0.140. The number of aliphatic carboxylic acids is 1. The molecule has 1 aromatic rings. The number of amides is 1. The smallest absolute Gasteiger partial charge is 0.387 e. The maximum Gasteiger partial charge on any atom is 0.387 e. The van der Waals surface area contributed by atoms with Crippen LogP contribution in [0.25, 0.3) is 0 Å². The van der Waals surface area contributed by atoms with E-state index >= 15 is 0 Å². The average Bonchev–Trinajstić information content (AvgIpc) is 3.14. The molecule has 7 heteroatoms. The normalized spacial score (nSPS) is 15.7. The Labute approximate surface area is 119 Å². The van der Waals surface area contributed by atoms with E-state index in [1.807, 2.05) is 0 Å². The van der Waals surface area contributed by atoms with Crippen molar-refractivity contribution in [2.24, 2.45) is 0 Å². The number of ether oxygens (including phenoxy) is 1. The Morgan fingerprint density at radius 3 is 2.19 bits per heavy atom. The van der Waals surface area contributed by atoms with E-state index in [1.54, 1.807) is 13.8 Å². The number of alkyl halides is 2. The van der Waals surface area contributed by atoms with Gasteiger partial charge in [0.2, 0.25) is 0 Å². The third-order valence-electron chi connectivity index (χ3n) is 3.44. The molecule has 1 saturated carbocycles. The van der Waals surface area contributed by atoms with E-state index in [2.05, 4.69) is 10.1 Å². The molecular formula is C14H15F2NO4. The van der Waals surface area contributed by atoms with Crippen molar-refractivity contribution in [2.45, 2.75) is 38.8 Å². The van der Waals surface area contributed by atoms with Gasteiger partial charge in [-0.2, -0.15) is 8.78 Å². The van der Waals surface area contributed by atoms with Crippen molar-refractivity contribution in [1.29, 1.82) is 0 Å². The predicted octanol–water partition coefficient (Wildman–Crippen LogP) is 2.25. The minimum Gasteiger partial charge on any atom is -0.480 e. The molecule has 0 bridgehead atoms. The molecule has 114 valence electrons. The number of benzene rings is 1. The number of rotatable bonds is 5. The highest BCUT2D eigenvalue weighted by Crippen LogP contribution is 2.36.